The highest BCUT2D eigenvalue weighted by Gasteiger charge is 2.31. The van der Waals surface area contributed by atoms with Gasteiger partial charge in [-0.2, -0.15) is 0 Å². The molecule has 2 heterocycles. The fourth-order valence-corrected chi connectivity index (χ4v) is 6.83. The second kappa shape index (κ2) is 14.8. The van der Waals surface area contributed by atoms with E-state index >= 15 is 4.39 Å². The third kappa shape index (κ3) is 7.42. The molecule has 0 atom stereocenters. The van der Waals surface area contributed by atoms with E-state index in [-0.39, 0.29) is 25.1 Å². The van der Waals surface area contributed by atoms with Crippen LogP contribution in [-0.4, -0.2) is 28.5 Å². The summed E-state index contributed by atoms with van der Waals surface area (Å²) in [6.45, 7) is 14.4. The number of pyridine rings is 1. The molecule has 0 saturated heterocycles. The van der Waals surface area contributed by atoms with Crippen LogP contribution in [-0.2, 0) is 25.8 Å². The van der Waals surface area contributed by atoms with Crippen LogP contribution in [0.5, 0.6) is 0 Å². The van der Waals surface area contributed by atoms with Crippen LogP contribution >= 0.6 is 0 Å². The lowest BCUT2D eigenvalue weighted by Crippen LogP contribution is -2.53. The maximum atomic E-state index is 15.1. The Hall–Kier alpha value is -4.07. The van der Waals surface area contributed by atoms with Crippen molar-refractivity contribution in [3.8, 4) is 0 Å². The lowest BCUT2D eigenvalue weighted by molar-refractivity contribution is 0.485. The lowest BCUT2D eigenvalue weighted by atomic mass is 9.93. The van der Waals surface area contributed by atoms with Crippen molar-refractivity contribution in [2.45, 2.75) is 106 Å². The highest BCUT2D eigenvalue weighted by atomic mass is 19.2. The Bertz CT molecular complexity index is 1690. The molecular formula is C39H50F2N6. The Morgan fingerprint density at radius 2 is 1.81 bits per heavy atom. The zero-order chi connectivity index (χ0) is 33.8. The zero-order valence-corrected chi connectivity index (χ0v) is 29.1. The van der Waals surface area contributed by atoms with Crippen molar-refractivity contribution in [1.29, 1.82) is 5.41 Å². The van der Waals surface area contributed by atoms with Crippen molar-refractivity contribution in [2.24, 2.45) is 10.9 Å². The van der Waals surface area contributed by atoms with Gasteiger partial charge in [0.1, 0.15) is 6.67 Å². The smallest absolute Gasteiger partial charge is 0.207 e. The van der Waals surface area contributed by atoms with Crippen LogP contribution in [0.15, 0.2) is 41.7 Å². The summed E-state index contributed by atoms with van der Waals surface area (Å²) in [7, 11) is 0. The number of halogens is 2. The number of nitrogens with zero attached hydrogens (tertiary/aromatic N) is 4. The first kappa shape index (κ1) is 34.3. The minimum absolute atomic E-state index is 0.148. The molecule has 1 aliphatic carbocycles. The molecule has 47 heavy (non-hydrogen) atoms. The van der Waals surface area contributed by atoms with Crippen molar-refractivity contribution >= 4 is 29.4 Å². The van der Waals surface area contributed by atoms with E-state index in [4.69, 9.17) is 4.99 Å². The third-order valence-electron chi connectivity index (χ3n) is 9.67. The molecular weight excluding hydrogens is 590 g/mol. The monoisotopic (exact) mass is 640 g/mol. The highest BCUT2D eigenvalue weighted by Crippen LogP contribution is 2.35. The molecule has 0 amide bonds. The van der Waals surface area contributed by atoms with Gasteiger partial charge in [-0.05, 0) is 115 Å². The molecule has 0 unspecified atom stereocenters. The quantitative estimate of drug-likeness (QED) is 0.207. The zero-order valence-electron chi connectivity index (χ0n) is 29.1. The predicted octanol–water partition coefficient (Wildman–Crippen LogP) is 9.67. The number of rotatable bonds is 12. The standard InChI is InChI=1S/C39H50F2N6/c1-8-12-30-20-43-21-35(32(30)10-3)47-23-44-39(45-34-19-29(14-11-13-27-15-16-27)25(6)17-28(34)9-2)46(38(47)42)22-31-18-33(40)37(41)36(24(4)5)26(31)7/h8,12,17-21,24,27,42H,9-11,13-16,22-23H2,1-7H3,(H,44,45)/b12-8-,42-38?. The van der Waals surface area contributed by atoms with Crippen LogP contribution in [0.25, 0.3) is 6.08 Å². The van der Waals surface area contributed by atoms with Gasteiger partial charge in [-0.25, -0.2) is 13.8 Å². The van der Waals surface area contributed by atoms with Gasteiger partial charge in [-0.3, -0.25) is 20.2 Å². The van der Waals surface area contributed by atoms with Crippen LogP contribution < -0.4 is 10.2 Å². The van der Waals surface area contributed by atoms with Gasteiger partial charge in [0.05, 0.1) is 18.4 Å². The predicted molar refractivity (Wildman–Crippen MR) is 191 cm³/mol. The van der Waals surface area contributed by atoms with Crippen molar-refractivity contribution in [1.82, 2.24) is 9.88 Å². The Labute approximate surface area is 279 Å². The van der Waals surface area contributed by atoms with E-state index in [0.29, 0.717) is 22.6 Å². The van der Waals surface area contributed by atoms with Gasteiger partial charge in [0.2, 0.25) is 11.9 Å². The molecule has 3 aromatic rings. The van der Waals surface area contributed by atoms with Crippen molar-refractivity contribution in [3.05, 3.63) is 92.8 Å². The Balaban J connectivity index is 1.56. The minimum Gasteiger partial charge on any atom is -0.326 e. The summed E-state index contributed by atoms with van der Waals surface area (Å²) in [6, 6.07) is 5.78. The van der Waals surface area contributed by atoms with Crippen LogP contribution in [0.4, 0.5) is 20.2 Å². The summed E-state index contributed by atoms with van der Waals surface area (Å²) < 4.78 is 30.0. The summed E-state index contributed by atoms with van der Waals surface area (Å²) in [4.78, 5) is 13.1. The SMILES string of the molecule is C/C=C\c1cncc(N2CN=C(Nc3cc(CCCC4CC4)c(C)cc3CC)N(Cc3cc(F)c(F)c(C(C)C)c3C)C2=N)c1CC. The molecule has 2 aromatic carbocycles. The van der Waals surface area contributed by atoms with Crippen LogP contribution in [0.1, 0.15) is 111 Å². The summed E-state index contributed by atoms with van der Waals surface area (Å²) in [5.74, 6) is -0.260. The number of hydrogen-bond donors (Lipinski definition) is 2. The van der Waals surface area contributed by atoms with E-state index in [1.54, 1.807) is 11.1 Å². The molecule has 1 aromatic heterocycles. The number of aliphatic imine (C=N–C) groups is 1. The summed E-state index contributed by atoms with van der Waals surface area (Å²) >= 11 is 0. The molecule has 2 N–H and O–H groups in total. The topological polar surface area (TPSA) is 67.6 Å². The number of benzene rings is 2. The number of aryl methyl sites for hydroxylation is 3. The second-order valence-electron chi connectivity index (χ2n) is 13.3. The van der Waals surface area contributed by atoms with Crippen LogP contribution in [0.2, 0.25) is 0 Å². The van der Waals surface area contributed by atoms with Crippen LogP contribution in [0.3, 0.4) is 0 Å². The van der Waals surface area contributed by atoms with E-state index in [0.717, 1.165) is 47.7 Å². The van der Waals surface area contributed by atoms with Gasteiger partial charge in [0, 0.05) is 11.9 Å². The summed E-state index contributed by atoms with van der Waals surface area (Å²) in [6.07, 6.45) is 15.5. The molecule has 8 heteroatoms. The van der Waals surface area contributed by atoms with Crippen LogP contribution in [0, 0.1) is 36.8 Å². The number of aromatic nitrogens is 1. The summed E-state index contributed by atoms with van der Waals surface area (Å²) in [5, 5.41) is 13.2. The minimum atomic E-state index is -0.875. The Morgan fingerprint density at radius 1 is 1.04 bits per heavy atom. The average Bonchev–Trinajstić information content (AvgIpc) is 3.87. The van der Waals surface area contributed by atoms with Gasteiger partial charge in [-0.15, -0.1) is 0 Å². The van der Waals surface area contributed by atoms with Crippen molar-refractivity contribution in [2.75, 3.05) is 16.9 Å². The number of allylic oxidation sites excluding steroid dienone is 1. The maximum absolute atomic E-state index is 15.1. The highest BCUT2D eigenvalue weighted by molar-refractivity contribution is 6.11. The lowest BCUT2D eigenvalue weighted by Gasteiger charge is -2.38. The molecule has 0 bridgehead atoms. The Kier molecular flexibility index (Phi) is 10.8. The number of anilines is 2. The average molecular weight is 641 g/mol. The van der Waals surface area contributed by atoms with Crippen molar-refractivity contribution in [3.63, 3.8) is 0 Å². The molecule has 2 aliphatic rings. The van der Waals surface area contributed by atoms with Gasteiger partial charge in [-0.1, -0.05) is 65.2 Å². The van der Waals surface area contributed by atoms with E-state index in [1.807, 2.05) is 50.9 Å². The fourth-order valence-electron chi connectivity index (χ4n) is 6.83. The van der Waals surface area contributed by atoms with Crippen molar-refractivity contribution < 1.29 is 8.78 Å². The molecule has 1 aliphatic heterocycles. The number of nitrogens with one attached hydrogen (secondary N) is 2. The molecule has 1 saturated carbocycles. The number of hydrogen-bond acceptors (Lipinski definition) is 4. The first-order valence-corrected chi connectivity index (χ1v) is 17.2. The van der Waals surface area contributed by atoms with E-state index in [1.165, 1.54) is 48.4 Å². The molecule has 6 nitrogen and oxygen atoms in total. The summed E-state index contributed by atoms with van der Waals surface area (Å²) in [5.41, 5.74) is 9.32. The number of guanidine groups is 2. The molecule has 1 fully saturated rings. The maximum Gasteiger partial charge on any atom is 0.207 e. The molecule has 250 valence electrons. The van der Waals surface area contributed by atoms with E-state index in [2.05, 4.69) is 43.2 Å². The van der Waals surface area contributed by atoms with Gasteiger partial charge >= 0.3 is 0 Å². The normalized spacial score (nSPS) is 15.3. The fraction of sp³-hybridized carbons (Fsp3) is 0.462. The van der Waals surface area contributed by atoms with E-state index < -0.39 is 11.6 Å². The molecule has 0 spiro atoms. The van der Waals surface area contributed by atoms with Gasteiger partial charge in [0.25, 0.3) is 0 Å². The second-order valence-corrected chi connectivity index (χ2v) is 13.3. The first-order valence-electron chi connectivity index (χ1n) is 17.2. The van der Waals surface area contributed by atoms with Gasteiger partial charge < -0.3 is 5.32 Å². The van der Waals surface area contributed by atoms with E-state index in [9.17, 15) is 9.80 Å². The molecule has 0 radical (unpaired) electrons. The Morgan fingerprint density at radius 3 is 2.47 bits per heavy atom. The first-order chi connectivity index (χ1) is 22.6. The third-order valence-corrected chi connectivity index (χ3v) is 9.67. The molecule has 5 rings (SSSR count). The van der Waals surface area contributed by atoms with Gasteiger partial charge in [0.15, 0.2) is 11.6 Å². The largest absolute Gasteiger partial charge is 0.326 e.